The molecule has 1 N–H and O–H groups in total. The van der Waals surface area contributed by atoms with Gasteiger partial charge in [0.1, 0.15) is 11.6 Å². The molecule has 2 heterocycles. The van der Waals surface area contributed by atoms with Gasteiger partial charge < -0.3 is 9.32 Å². The average Bonchev–Trinajstić information content (AvgIpc) is 3.35. The summed E-state index contributed by atoms with van der Waals surface area (Å²) in [5, 5.41) is 4.13. The van der Waals surface area contributed by atoms with Gasteiger partial charge in [0.15, 0.2) is 5.76 Å². The maximum Gasteiger partial charge on any atom is 0.289 e. The predicted molar refractivity (Wildman–Crippen MR) is 105 cm³/mol. The van der Waals surface area contributed by atoms with Gasteiger partial charge in [-0.2, -0.15) is 18.4 Å². The van der Waals surface area contributed by atoms with Crippen molar-refractivity contribution in [3.05, 3.63) is 52.7 Å². The standard InChI is InChI=1S/C20H22FN3O4S/c1-13-18-16(22-23-29(26,27)15-9-7-14(21)8-10-15)5-4-6-17(18)28-19(13)20(25)24-11-2-3-12-24/h7-10,23H,2-6,11-12H2,1H3/b22-16+. The Bertz CT molecular complexity index is 1070. The molecule has 1 aliphatic heterocycles. The number of hydrogen-bond donors (Lipinski definition) is 1. The predicted octanol–water partition coefficient (Wildman–Crippen LogP) is 2.98. The van der Waals surface area contributed by atoms with Crippen molar-refractivity contribution in [1.82, 2.24) is 9.73 Å². The first kappa shape index (κ1) is 19.6. The van der Waals surface area contributed by atoms with Gasteiger partial charge in [0.2, 0.25) is 0 Å². The minimum atomic E-state index is -3.92. The molecule has 1 aromatic heterocycles. The van der Waals surface area contributed by atoms with Gasteiger partial charge in [-0.3, -0.25) is 4.79 Å². The van der Waals surface area contributed by atoms with Gasteiger partial charge in [-0.15, -0.1) is 0 Å². The van der Waals surface area contributed by atoms with Crippen molar-refractivity contribution in [2.24, 2.45) is 5.10 Å². The number of amides is 1. The van der Waals surface area contributed by atoms with E-state index in [-0.39, 0.29) is 10.8 Å². The van der Waals surface area contributed by atoms with Crippen molar-refractivity contribution in [3.8, 4) is 0 Å². The normalized spacial score (nSPS) is 18.1. The molecule has 0 atom stereocenters. The van der Waals surface area contributed by atoms with Crippen molar-refractivity contribution in [2.45, 2.75) is 43.9 Å². The van der Waals surface area contributed by atoms with Gasteiger partial charge in [-0.05, 0) is 56.9 Å². The van der Waals surface area contributed by atoms with Crippen LogP contribution in [0.1, 0.15) is 53.1 Å². The first-order valence-electron chi connectivity index (χ1n) is 9.62. The molecule has 154 valence electrons. The molecule has 1 fully saturated rings. The molecule has 0 bridgehead atoms. The number of hydrogen-bond acceptors (Lipinski definition) is 5. The molecular weight excluding hydrogens is 397 g/mol. The summed E-state index contributed by atoms with van der Waals surface area (Å²) in [5.41, 5.74) is 1.94. The molecule has 4 rings (SSSR count). The zero-order valence-corrected chi connectivity index (χ0v) is 16.9. The van der Waals surface area contributed by atoms with E-state index in [2.05, 4.69) is 9.93 Å². The Labute approximate surface area is 168 Å². The largest absolute Gasteiger partial charge is 0.455 e. The Morgan fingerprint density at radius 3 is 2.52 bits per heavy atom. The molecule has 7 nitrogen and oxygen atoms in total. The van der Waals surface area contributed by atoms with Crippen LogP contribution in [0.2, 0.25) is 0 Å². The second-order valence-corrected chi connectivity index (χ2v) is 8.98. The average molecular weight is 419 g/mol. The van der Waals surface area contributed by atoms with Crippen molar-refractivity contribution < 1.29 is 22.0 Å². The number of benzene rings is 1. The van der Waals surface area contributed by atoms with E-state index in [4.69, 9.17) is 4.42 Å². The Morgan fingerprint density at radius 1 is 1.14 bits per heavy atom. The number of likely N-dealkylation sites (tertiary alicyclic amines) is 1. The number of rotatable bonds is 4. The number of furan rings is 1. The number of hydrazone groups is 1. The quantitative estimate of drug-likeness (QED) is 0.771. The second-order valence-electron chi connectivity index (χ2n) is 7.31. The summed E-state index contributed by atoms with van der Waals surface area (Å²) in [6, 6.07) is 4.52. The molecule has 2 aliphatic rings. The summed E-state index contributed by atoms with van der Waals surface area (Å²) in [6.45, 7) is 3.26. The number of nitrogens with one attached hydrogen (secondary N) is 1. The molecule has 1 saturated heterocycles. The number of fused-ring (bicyclic) bond motifs is 1. The fourth-order valence-electron chi connectivity index (χ4n) is 3.83. The summed E-state index contributed by atoms with van der Waals surface area (Å²) in [5.74, 6) is 0.334. The first-order chi connectivity index (χ1) is 13.9. The van der Waals surface area contributed by atoms with Gasteiger partial charge in [0, 0.05) is 30.6 Å². The molecule has 2 aromatic rings. The summed E-state index contributed by atoms with van der Waals surface area (Å²) >= 11 is 0. The molecule has 0 saturated carbocycles. The van der Waals surface area contributed by atoms with Crippen LogP contribution < -0.4 is 4.83 Å². The summed E-state index contributed by atoms with van der Waals surface area (Å²) in [7, 11) is -3.92. The van der Waals surface area contributed by atoms with E-state index in [1.807, 2.05) is 0 Å². The third-order valence-electron chi connectivity index (χ3n) is 5.34. The van der Waals surface area contributed by atoms with Gasteiger partial charge in [0.25, 0.3) is 15.9 Å². The lowest BCUT2D eigenvalue weighted by molar-refractivity contribution is 0.0758. The molecule has 0 spiro atoms. The monoisotopic (exact) mass is 419 g/mol. The maximum atomic E-state index is 13.1. The van der Waals surface area contributed by atoms with E-state index in [0.717, 1.165) is 44.5 Å². The number of aryl methyl sites for hydroxylation is 1. The Hall–Kier alpha value is -2.68. The number of halogens is 1. The van der Waals surface area contributed by atoms with E-state index in [1.165, 1.54) is 12.1 Å². The fourth-order valence-corrected chi connectivity index (χ4v) is 4.66. The van der Waals surface area contributed by atoms with Crippen LogP contribution in [0.3, 0.4) is 0 Å². The lowest BCUT2D eigenvalue weighted by Gasteiger charge is -2.14. The van der Waals surface area contributed by atoms with Crippen molar-refractivity contribution >= 4 is 21.6 Å². The van der Waals surface area contributed by atoms with Crippen LogP contribution in [0.15, 0.2) is 38.7 Å². The lowest BCUT2D eigenvalue weighted by Crippen LogP contribution is -2.27. The second kappa shape index (κ2) is 7.62. The van der Waals surface area contributed by atoms with Gasteiger partial charge >= 0.3 is 0 Å². The maximum absolute atomic E-state index is 13.1. The topological polar surface area (TPSA) is 92.0 Å². The third-order valence-corrected chi connectivity index (χ3v) is 6.56. The van der Waals surface area contributed by atoms with Crippen LogP contribution in [-0.2, 0) is 16.4 Å². The van der Waals surface area contributed by atoms with Crippen molar-refractivity contribution in [3.63, 3.8) is 0 Å². The van der Waals surface area contributed by atoms with Crippen LogP contribution in [0.25, 0.3) is 0 Å². The first-order valence-corrected chi connectivity index (χ1v) is 11.1. The molecule has 1 amide bonds. The molecule has 1 aromatic carbocycles. The highest BCUT2D eigenvalue weighted by Crippen LogP contribution is 2.31. The molecule has 9 heteroatoms. The lowest BCUT2D eigenvalue weighted by atomic mass is 9.93. The zero-order valence-electron chi connectivity index (χ0n) is 16.1. The highest BCUT2D eigenvalue weighted by Gasteiger charge is 2.31. The third kappa shape index (κ3) is 3.78. The Balaban J connectivity index is 1.62. The van der Waals surface area contributed by atoms with Crippen LogP contribution in [-0.4, -0.2) is 38.0 Å². The summed E-state index contributed by atoms with van der Waals surface area (Å²) < 4.78 is 43.8. The highest BCUT2D eigenvalue weighted by molar-refractivity contribution is 7.89. The highest BCUT2D eigenvalue weighted by atomic mass is 32.2. The minimum Gasteiger partial charge on any atom is -0.455 e. The van der Waals surface area contributed by atoms with Crippen LogP contribution in [0.5, 0.6) is 0 Å². The number of sulfonamides is 1. The molecule has 29 heavy (non-hydrogen) atoms. The SMILES string of the molecule is Cc1c(C(=O)N2CCCC2)oc2c1/C(=N/NS(=O)(=O)c1ccc(F)cc1)CCC2. The molecule has 0 unspecified atom stereocenters. The van der Waals surface area contributed by atoms with Gasteiger partial charge in [-0.25, -0.2) is 4.39 Å². The van der Waals surface area contributed by atoms with Crippen LogP contribution in [0.4, 0.5) is 4.39 Å². The van der Waals surface area contributed by atoms with Crippen LogP contribution >= 0.6 is 0 Å². The molecule has 0 radical (unpaired) electrons. The van der Waals surface area contributed by atoms with Crippen molar-refractivity contribution in [2.75, 3.05) is 13.1 Å². The number of nitrogens with zero attached hydrogens (tertiary/aromatic N) is 2. The van der Waals surface area contributed by atoms with E-state index in [1.54, 1.807) is 11.8 Å². The summed E-state index contributed by atoms with van der Waals surface area (Å²) in [4.78, 5) is 16.7. The smallest absolute Gasteiger partial charge is 0.289 e. The summed E-state index contributed by atoms with van der Waals surface area (Å²) in [6.07, 6.45) is 3.96. The number of carbonyl (C=O) groups is 1. The van der Waals surface area contributed by atoms with Gasteiger partial charge in [-0.1, -0.05) is 0 Å². The molecular formula is C20H22FN3O4S. The number of carbonyl (C=O) groups excluding carboxylic acids is 1. The van der Waals surface area contributed by atoms with E-state index >= 15 is 0 Å². The van der Waals surface area contributed by atoms with E-state index < -0.39 is 15.8 Å². The Morgan fingerprint density at radius 2 is 1.83 bits per heavy atom. The molecule has 1 aliphatic carbocycles. The van der Waals surface area contributed by atoms with Crippen LogP contribution in [0, 0.1) is 12.7 Å². The minimum absolute atomic E-state index is 0.0758. The zero-order chi connectivity index (χ0) is 20.6. The van der Waals surface area contributed by atoms with E-state index in [9.17, 15) is 17.6 Å². The van der Waals surface area contributed by atoms with Crippen molar-refractivity contribution in [1.29, 1.82) is 0 Å². The Kier molecular flexibility index (Phi) is 5.16. The van der Waals surface area contributed by atoms with Gasteiger partial charge in [0.05, 0.1) is 10.6 Å². The van der Waals surface area contributed by atoms with E-state index in [0.29, 0.717) is 41.2 Å². The fraction of sp³-hybridized carbons (Fsp3) is 0.400.